The van der Waals surface area contributed by atoms with Crippen molar-refractivity contribution in [1.82, 2.24) is 0 Å². The molecule has 0 aromatic heterocycles. The minimum Gasteiger partial charge on any atom is -0.486 e. The number of anilines is 1. The highest BCUT2D eigenvalue weighted by Gasteiger charge is 2.11. The van der Waals surface area contributed by atoms with Crippen LogP contribution in [0, 0.1) is 19.7 Å². The molecule has 0 amide bonds. The van der Waals surface area contributed by atoms with Gasteiger partial charge in [0, 0.05) is 17.8 Å². The van der Waals surface area contributed by atoms with Gasteiger partial charge in [-0.15, -0.1) is 0 Å². The van der Waals surface area contributed by atoms with Gasteiger partial charge < -0.3 is 10.1 Å². The Morgan fingerprint density at radius 3 is 2.33 bits per heavy atom. The Hall–Kier alpha value is -1.85. The van der Waals surface area contributed by atoms with Gasteiger partial charge in [0.15, 0.2) is 0 Å². The van der Waals surface area contributed by atoms with Gasteiger partial charge in [-0.3, -0.25) is 0 Å². The summed E-state index contributed by atoms with van der Waals surface area (Å²) < 4.78 is 21.2. The first kappa shape index (κ1) is 19.9. The zero-order valence-corrected chi connectivity index (χ0v) is 18.3. The first-order valence-electron chi connectivity index (χ1n) is 8.59. The molecule has 3 aromatic rings. The fourth-order valence-corrected chi connectivity index (χ4v) is 4.34. The van der Waals surface area contributed by atoms with Gasteiger partial charge in [0.05, 0.1) is 8.95 Å². The van der Waals surface area contributed by atoms with Crippen molar-refractivity contribution in [2.45, 2.75) is 27.0 Å². The Labute approximate surface area is 176 Å². The standard InChI is InChI=1S/C22H20Br2FNO/c1-14-7-8-21(15(2)9-14)26-12-16-10-18(23)22(19(24)11-16)27-13-17-5-3-4-6-20(17)25/h3-11,26H,12-13H2,1-2H3. The molecule has 27 heavy (non-hydrogen) atoms. The van der Waals surface area contributed by atoms with E-state index in [0.717, 1.165) is 20.2 Å². The number of halogens is 3. The molecule has 3 rings (SSSR count). The summed E-state index contributed by atoms with van der Waals surface area (Å²) in [5, 5.41) is 3.46. The third kappa shape index (κ3) is 5.11. The number of hydrogen-bond donors (Lipinski definition) is 1. The molecule has 0 fully saturated rings. The molecule has 0 spiro atoms. The molecule has 0 saturated carbocycles. The zero-order valence-electron chi connectivity index (χ0n) is 15.2. The molecular weight excluding hydrogens is 473 g/mol. The average molecular weight is 493 g/mol. The van der Waals surface area contributed by atoms with E-state index in [0.29, 0.717) is 17.9 Å². The van der Waals surface area contributed by atoms with Crippen molar-refractivity contribution in [2.75, 3.05) is 5.32 Å². The van der Waals surface area contributed by atoms with Crippen molar-refractivity contribution < 1.29 is 9.13 Å². The molecule has 0 saturated heterocycles. The van der Waals surface area contributed by atoms with Crippen LogP contribution in [0.15, 0.2) is 63.5 Å². The number of rotatable bonds is 6. The fraction of sp³-hybridized carbons (Fsp3) is 0.182. The Morgan fingerprint density at radius 1 is 0.963 bits per heavy atom. The number of hydrogen-bond acceptors (Lipinski definition) is 2. The van der Waals surface area contributed by atoms with Crippen LogP contribution in [0.5, 0.6) is 5.75 Å². The number of ether oxygens (including phenoxy) is 1. The van der Waals surface area contributed by atoms with Crippen LogP contribution in [0.1, 0.15) is 22.3 Å². The highest BCUT2D eigenvalue weighted by molar-refractivity contribution is 9.11. The minimum absolute atomic E-state index is 0.171. The lowest BCUT2D eigenvalue weighted by molar-refractivity contribution is 0.296. The maximum atomic E-state index is 13.8. The van der Waals surface area contributed by atoms with Crippen molar-refractivity contribution in [3.05, 3.63) is 91.6 Å². The molecule has 0 bridgehead atoms. The predicted molar refractivity (Wildman–Crippen MR) is 116 cm³/mol. The lowest BCUT2D eigenvalue weighted by Crippen LogP contribution is -2.03. The monoisotopic (exact) mass is 491 g/mol. The smallest absolute Gasteiger partial charge is 0.148 e. The summed E-state index contributed by atoms with van der Waals surface area (Å²) in [4.78, 5) is 0. The lowest BCUT2D eigenvalue weighted by atomic mass is 10.1. The number of nitrogens with one attached hydrogen (secondary N) is 1. The molecule has 3 aromatic carbocycles. The molecule has 0 atom stereocenters. The number of benzene rings is 3. The molecule has 0 aliphatic heterocycles. The van der Waals surface area contributed by atoms with Gasteiger partial charge >= 0.3 is 0 Å². The first-order chi connectivity index (χ1) is 12.9. The molecule has 0 unspecified atom stereocenters. The van der Waals surface area contributed by atoms with Crippen molar-refractivity contribution >= 4 is 37.5 Å². The van der Waals surface area contributed by atoms with Crippen molar-refractivity contribution in [3.8, 4) is 5.75 Å². The SMILES string of the molecule is Cc1ccc(NCc2cc(Br)c(OCc3ccccc3F)c(Br)c2)c(C)c1. The van der Waals surface area contributed by atoms with Crippen LogP contribution >= 0.6 is 31.9 Å². The second-order valence-electron chi connectivity index (χ2n) is 6.44. The molecule has 0 heterocycles. The molecule has 0 radical (unpaired) electrons. The Kier molecular flexibility index (Phi) is 6.55. The predicted octanol–water partition coefficient (Wildman–Crippen LogP) is 7.16. The topological polar surface area (TPSA) is 21.3 Å². The van der Waals surface area contributed by atoms with Crippen molar-refractivity contribution in [3.63, 3.8) is 0 Å². The van der Waals surface area contributed by atoms with Gasteiger partial charge in [-0.05, 0) is 81.1 Å². The second kappa shape index (κ2) is 8.89. The summed E-state index contributed by atoms with van der Waals surface area (Å²) in [6.07, 6.45) is 0. The second-order valence-corrected chi connectivity index (χ2v) is 8.15. The van der Waals surface area contributed by atoms with Crippen LogP contribution in [-0.2, 0) is 13.2 Å². The van der Waals surface area contributed by atoms with E-state index in [1.54, 1.807) is 18.2 Å². The van der Waals surface area contributed by atoms with Gasteiger partial charge in [-0.25, -0.2) is 4.39 Å². The maximum absolute atomic E-state index is 13.8. The van der Waals surface area contributed by atoms with E-state index < -0.39 is 0 Å². The van der Waals surface area contributed by atoms with Crippen LogP contribution < -0.4 is 10.1 Å². The van der Waals surface area contributed by atoms with Gasteiger partial charge in [0.25, 0.3) is 0 Å². The summed E-state index contributed by atoms with van der Waals surface area (Å²) >= 11 is 7.13. The molecular formula is C22H20Br2FNO. The Balaban J connectivity index is 1.70. The van der Waals surface area contributed by atoms with Crippen LogP contribution in [0.25, 0.3) is 0 Å². The summed E-state index contributed by atoms with van der Waals surface area (Å²) in [6.45, 7) is 5.05. The first-order valence-corrected chi connectivity index (χ1v) is 10.2. The van der Waals surface area contributed by atoms with E-state index in [9.17, 15) is 4.39 Å². The third-order valence-corrected chi connectivity index (χ3v) is 5.43. The maximum Gasteiger partial charge on any atom is 0.148 e. The largest absolute Gasteiger partial charge is 0.486 e. The van der Waals surface area contributed by atoms with Crippen LogP contribution in [-0.4, -0.2) is 0 Å². The van der Waals surface area contributed by atoms with Crippen LogP contribution in [0.2, 0.25) is 0 Å². The Bertz CT molecular complexity index is 936. The molecule has 0 aliphatic carbocycles. The highest BCUT2D eigenvalue weighted by atomic mass is 79.9. The van der Waals surface area contributed by atoms with E-state index in [1.165, 1.54) is 17.2 Å². The molecule has 0 aliphatic rings. The van der Waals surface area contributed by atoms with E-state index in [2.05, 4.69) is 69.2 Å². The third-order valence-electron chi connectivity index (χ3n) is 4.25. The van der Waals surface area contributed by atoms with E-state index in [4.69, 9.17) is 4.74 Å². The van der Waals surface area contributed by atoms with Crippen molar-refractivity contribution in [2.24, 2.45) is 0 Å². The van der Waals surface area contributed by atoms with Gasteiger partial charge in [-0.1, -0.05) is 35.9 Å². The van der Waals surface area contributed by atoms with Crippen LogP contribution in [0.3, 0.4) is 0 Å². The molecule has 2 nitrogen and oxygen atoms in total. The fourth-order valence-electron chi connectivity index (χ4n) is 2.83. The van der Waals surface area contributed by atoms with Gasteiger partial charge in [0.2, 0.25) is 0 Å². The number of aryl methyl sites for hydroxylation is 2. The van der Waals surface area contributed by atoms with Crippen LogP contribution in [0.4, 0.5) is 10.1 Å². The van der Waals surface area contributed by atoms with E-state index in [1.807, 2.05) is 12.1 Å². The molecule has 5 heteroatoms. The minimum atomic E-state index is -0.265. The van der Waals surface area contributed by atoms with Gasteiger partial charge in [-0.2, -0.15) is 0 Å². The lowest BCUT2D eigenvalue weighted by Gasteiger charge is -2.14. The van der Waals surface area contributed by atoms with Crippen molar-refractivity contribution in [1.29, 1.82) is 0 Å². The van der Waals surface area contributed by atoms with Gasteiger partial charge in [0.1, 0.15) is 18.2 Å². The summed E-state index contributed by atoms with van der Waals surface area (Å²) in [6, 6.07) is 17.0. The van der Waals surface area contributed by atoms with E-state index in [-0.39, 0.29) is 12.4 Å². The molecule has 140 valence electrons. The molecule has 1 N–H and O–H groups in total. The zero-order chi connectivity index (χ0) is 19.4. The highest BCUT2D eigenvalue weighted by Crippen LogP contribution is 2.35. The average Bonchev–Trinajstić information content (AvgIpc) is 2.61. The normalized spacial score (nSPS) is 10.7. The van der Waals surface area contributed by atoms with E-state index >= 15 is 0 Å². The quantitative estimate of drug-likeness (QED) is 0.394. The summed E-state index contributed by atoms with van der Waals surface area (Å²) in [7, 11) is 0. The summed E-state index contributed by atoms with van der Waals surface area (Å²) in [5.74, 6) is 0.396. The summed E-state index contributed by atoms with van der Waals surface area (Å²) in [5.41, 5.74) is 5.22. The Morgan fingerprint density at radius 2 is 1.67 bits per heavy atom.